The van der Waals surface area contributed by atoms with Crippen LogP contribution in [0.1, 0.15) is 0 Å². The van der Waals surface area contributed by atoms with Crippen LogP contribution >= 0.6 is 0 Å². The lowest BCUT2D eigenvalue weighted by Crippen LogP contribution is -2.46. The molecule has 0 bridgehead atoms. The quantitative estimate of drug-likeness (QED) is 0.361. The van der Waals surface area contributed by atoms with E-state index < -0.39 is 11.3 Å². The number of allylic oxidation sites excluding steroid dienone is 6. The zero-order valence-electron chi connectivity index (χ0n) is 12.9. The summed E-state index contributed by atoms with van der Waals surface area (Å²) < 4.78 is 0. The van der Waals surface area contributed by atoms with E-state index in [0.717, 1.165) is 16.8 Å². The fourth-order valence-electron chi connectivity index (χ4n) is 2.00. The maximum atomic E-state index is 5.72. The summed E-state index contributed by atoms with van der Waals surface area (Å²) in [5, 5.41) is 0. The minimum atomic E-state index is -0.850. The van der Waals surface area contributed by atoms with Crippen LogP contribution in [-0.2, 0) is 0 Å². The van der Waals surface area contributed by atoms with E-state index in [1.54, 1.807) is 24.3 Å². The summed E-state index contributed by atoms with van der Waals surface area (Å²) in [5.74, 6) is 0. The monoisotopic (exact) mass is 309 g/mol. The normalized spacial score (nSPS) is 20.2. The average molecular weight is 309 g/mol. The van der Waals surface area contributed by atoms with E-state index in [1.165, 1.54) is 0 Å². The van der Waals surface area contributed by atoms with E-state index >= 15 is 0 Å². The number of hydrogen-bond donors (Lipinski definition) is 5. The van der Waals surface area contributed by atoms with Gasteiger partial charge in [-0.1, -0.05) is 42.5 Å². The van der Waals surface area contributed by atoms with Gasteiger partial charge >= 0.3 is 0 Å². The van der Waals surface area contributed by atoms with E-state index in [9.17, 15) is 0 Å². The van der Waals surface area contributed by atoms with Gasteiger partial charge in [-0.05, 0) is 47.6 Å². The second kappa shape index (κ2) is 6.76. The van der Waals surface area contributed by atoms with Crippen molar-refractivity contribution < 1.29 is 0 Å². The van der Waals surface area contributed by atoms with Crippen molar-refractivity contribution in [3.63, 3.8) is 0 Å². The van der Waals surface area contributed by atoms with Crippen LogP contribution in [-0.4, -0.2) is 11.3 Å². The Bertz CT molecular complexity index is 613. The maximum Gasteiger partial charge on any atom is 0.103 e. The van der Waals surface area contributed by atoms with Gasteiger partial charge in [0.05, 0.1) is 0 Å². The number of hydrogen-bond acceptors (Lipinski definition) is 5. The van der Waals surface area contributed by atoms with Crippen molar-refractivity contribution in [1.29, 1.82) is 0 Å². The largest absolute Gasteiger partial charge is 0.399 e. The molecule has 10 N–H and O–H groups in total. The first-order valence-corrected chi connectivity index (χ1v) is 7.25. The van der Waals surface area contributed by atoms with Crippen molar-refractivity contribution in [3.05, 3.63) is 90.1 Å². The first kappa shape index (κ1) is 16.9. The summed E-state index contributed by atoms with van der Waals surface area (Å²) in [5.41, 5.74) is 29.4. The maximum absolute atomic E-state index is 5.72. The Morgan fingerprint density at radius 3 is 1.17 bits per heavy atom. The molecule has 5 nitrogen and oxygen atoms in total. The van der Waals surface area contributed by atoms with Crippen molar-refractivity contribution in [1.82, 2.24) is 0 Å². The first-order chi connectivity index (χ1) is 10.8. The van der Waals surface area contributed by atoms with Crippen LogP contribution in [0, 0.1) is 0 Å². The predicted octanol–water partition coefficient (Wildman–Crippen LogP) is 1.03. The smallest absolute Gasteiger partial charge is 0.103 e. The Hall–Kier alpha value is -2.44. The highest BCUT2D eigenvalue weighted by molar-refractivity contribution is 5.53. The Kier molecular flexibility index (Phi) is 4.98. The highest BCUT2D eigenvalue weighted by atomic mass is 14.9. The fourth-order valence-corrected chi connectivity index (χ4v) is 2.00. The summed E-state index contributed by atoms with van der Waals surface area (Å²) in [7, 11) is 0. The predicted molar refractivity (Wildman–Crippen MR) is 96.7 cm³/mol. The van der Waals surface area contributed by atoms with Gasteiger partial charge in [0.1, 0.15) is 11.3 Å². The number of anilines is 1. The topological polar surface area (TPSA) is 130 Å². The van der Waals surface area contributed by atoms with Crippen LogP contribution < -0.4 is 28.7 Å². The van der Waals surface area contributed by atoms with Crippen molar-refractivity contribution in [2.45, 2.75) is 11.3 Å². The molecule has 2 aliphatic carbocycles. The molecule has 3 rings (SSSR count). The molecule has 0 heterocycles. The molecular weight excluding hydrogens is 286 g/mol. The van der Waals surface area contributed by atoms with E-state index in [0.29, 0.717) is 0 Å². The molecule has 0 saturated carbocycles. The average Bonchev–Trinajstić information content (AvgIpc) is 2.49. The number of para-hydroxylation sites is 1. The molecule has 2 aliphatic rings. The molecule has 5 heteroatoms. The minimum absolute atomic E-state index is 0.822. The molecule has 0 amide bonds. The summed E-state index contributed by atoms with van der Waals surface area (Å²) in [6.45, 7) is 0. The number of rotatable bonds is 0. The Morgan fingerprint density at radius 2 is 0.913 bits per heavy atom. The molecule has 0 saturated heterocycles. The Labute approximate surface area is 136 Å². The van der Waals surface area contributed by atoms with Gasteiger partial charge in [0.25, 0.3) is 0 Å². The molecular formula is C18H23N5. The van der Waals surface area contributed by atoms with Crippen LogP contribution in [0.25, 0.3) is 0 Å². The molecule has 23 heavy (non-hydrogen) atoms. The van der Waals surface area contributed by atoms with Gasteiger partial charge in [-0.3, -0.25) is 0 Å². The van der Waals surface area contributed by atoms with Crippen LogP contribution in [0.15, 0.2) is 90.1 Å². The lowest BCUT2D eigenvalue weighted by Gasteiger charge is -2.22. The van der Waals surface area contributed by atoms with Crippen molar-refractivity contribution in [3.8, 4) is 0 Å². The molecule has 0 fully saturated rings. The minimum Gasteiger partial charge on any atom is -0.399 e. The molecule has 0 aliphatic heterocycles. The zero-order valence-corrected chi connectivity index (χ0v) is 12.9. The molecule has 0 atom stereocenters. The van der Waals surface area contributed by atoms with E-state index in [4.69, 9.17) is 28.7 Å². The summed E-state index contributed by atoms with van der Waals surface area (Å²) >= 11 is 0. The molecule has 120 valence electrons. The first-order valence-electron chi connectivity index (χ1n) is 7.25. The van der Waals surface area contributed by atoms with E-state index in [1.807, 2.05) is 54.6 Å². The van der Waals surface area contributed by atoms with Gasteiger partial charge in [0.2, 0.25) is 0 Å². The second-order valence-electron chi connectivity index (χ2n) is 5.65. The van der Waals surface area contributed by atoms with Gasteiger partial charge < -0.3 is 28.7 Å². The number of nitrogen functional groups attached to an aromatic ring is 1. The summed E-state index contributed by atoms with van der Waals surface area (Å²) in [6, 6.07) is 9.49. The molecule has 0 radical (unpaired) electrons. The number of nitrogens with two attached hydrogens (primary N) is 5. The van der Waals surface area contributed by atoms with Gasteiger partial charge in [0.15, 0.2) is 0 Å². The fraction of sp³-hybridized carbons (Fsp3) is 0.111. The van der Waals surface area contributed by atoms with Gasteiger partial charge in [0, 0.05) is 5.69 Å². The lowest BCUT2D eigenvalue weighted by atomic mass is 9.94. The van der Waals surface area contributed by atoms with Crippen molar-refractivity contribution in [2.75, 3.05) is 5.73 Å². The van der Waals surface area contributed by atoms with Crippen LogP contribution in [0.4, 0.5) is 5.69 Å². The molecule has 0 aromatic heterocycles. The van der Waals surface area contributed by atoms with Gasteiger partial charge in [-0.15, -0.1) is 0 Å². The standard InChI is InChI=1S/C12H16N4.C6H7N/c13-11(14)5-1-9(2-6-11)10-3-7-12(15,16)8-4-10;7-6-4-2-1-3-5-6/h1-8H,13-16H2;1-5H,7H2. The van der Waals surface area contributed by atoms with E-state index in [-0.39, 0.29) is 0 Å². The second-order valence-corrected chi connectivity index (χ2v) is 5.65. The molecule has 1 aromatic carbocycles. The Morgan fingerprint density at radius 1 is 0.565 bits per heavy atom. The van der Waals surface area contributed by atoms with E-state index in [2.05, 4.69) is 0 Å². The highest BCUT2D eigenvalue weighted by Gasteiger charge is 2.17. The number of benzene rings is 1. The van der Waals surface area contributed by atoms with Gasteiger partial charge in [-0.25, -0.2) is 0 Å². The summed E-state index contributed by atoms with van der Waals surface area (Å²) in [6.07, 6.45) is 14.6. The van der Waals surface area contributed by atoms with Crippen molar-refractivity contribution >= 4 is 5.69 Å². The highest BCUT2D eigenvalue weighted by Crippen LogP contribution is 2.21. The Balaban J connectivity index is 0.000000229. The SMILES string of the molecule is NC1(N)C=CC(=C2C=CC(N)(N)C=C2)C=C1.Nc1ccccc1. The van der Waals surface area contributed by atoms with Crippen LogP contribution in [0.5, 0.6) is 0 Å². The van der Waals surface area contributed by atoms with Crippen LogP contribution in [0.2, 0.25) is 0 Å². The molecule has 1 aromatic rings. The third-order valence-electron chi connectivity index (χ3n) is 3.34. The lowest BCUT2D eigenvalue weighted by molar-refractivity contribution is 0.685. The molecule has 0 spiro atoms. The third kappa shape index (κ3) is 5.36. The third-order valence-corrected chi connectivity index (χ3v) is 3.34. The molecule has 0 unspecified atom stereocenters. The summed E-state index contributed by atoms with van der Waals surface area (Å²) in [4.78, 5) is 0. The van der Waals surface area contributed by atoms with Crippen molar-refractivity contribution in [2.24, 2.45) is 22.9 Å². The van der Waals surface area contributed by atoms with Crippen LogP contribution in [0.3, 0.4) is 0 Å². The van der Waals surface area contributed by atoms with Gasteiger partial charge in [-0.2, -0.15) is 0 Å². The zero-order chi connectivity index (χ0) is 16.9.